The zero-order valence-corrected chi connectivity index (χ0v) is 5.95. The van der Waals surface area contributed by atoms with Crippen molar-refractivity contribution in [2.75, 3.05) is 6.26 Å². The van der Waals surface area contributed by atoms with Gasteiger partial charge in [0.25, 0.3) is 0 Å². The lowest BCUT2D eigenvalue weighted by molar-refractivity contribution is 0.241. The van der Waals surface area contributed by atoms with E-state index in [9.17, 15) is 8.42 Å². The molecule has 0 amide bonds. The van der Waals surface area contributed by atoms with Crippen LogP contribution in [-0.2, 0) is 10.1 Å². The third-order valence-corrected chi connectivity index (χ3v) is 1.03. The minimum Gasteiger partial charge on any atom is -0.268 e. The summed E-state index contributed by atoms with van der Waals surface area (Å²) in [5.41, 5.74) is 0. The number of aromatic nitrogens is 3. The summed E-state index contributed by atoms with van der Waals surface area (Å²) in [5, 5.41) is 3.41. The summed E-state index contributed by atoms with van der Waals surface area (Å²) < 4.78 is 25.0. The Hall–Kier alpha value is -1.11. The molecular formula is C3H5N3O3S. The summed E-state index contributed by atoms with van der Waals surface area (Å²) in [7, 11) is -3.49. The van der Waals surface area contributed by atoms with E-state index < -0.39 is 10.1 Å². The quantitative estimate of drug-likeness (QED) is 0.539. The molecule has 6 nitrogen and oxygen atoms in total. The van der Waals surface area contributed by atoms with Gasteiger partial charge in [0.05, 0.1) is 6.26 Å². The Bertz CT molecular complexity index is 289. The molecule has 0 aliphatic carbocycles. The molecule has 0 saturated heterocycles. The van der Waals surface area contributed by atoms with E-state index in [4.69, 9.17) is 0 Å². The molecule has 1 aromatic rings. The van der Waals surface area contributed by atoms with Crippen LogP contribution in [0.15, 0.2) is 12.7 Å². The van der Waals surface area contributed by atoms with Crippen LogP contribution in [0.25, 0.3) is 0 Å². The van der Waals surface area contributed by atoms with E-state index in [1.54, 1.807) is 0 Å². The molecule has 0 saturated carbocycles. The molecule has 56 valence electrons. The van der Waals surface area contributed by atoms with Crippen molar-refractivity contribution in [2.45, 2.75) is 0 Å². The summed E-state index contributed by atoms with van der Waals surface area (Å²) in [4.78, 5) is 4.23. The zero-order chi connectivity index (χ0) is 7.61. The maximum absolute atomic E-state index is 10.4. The predicted molar refractivity (Wildman–Crippen MR) is 31.4 cm³/mol. The van der Waals surface area contributed by atoms with E-state index in [2.05, 4.69) is 14.4 Å². The fourth-order valence-corrected chi connectivity index (χ4v) is 0.729. The third-order valence-electron chi connectivity index (χ3n) is 0.609. The van der Waals surface area contributed by atoms with E-state index in [0.29, 0.717) is 0 Å². The largest absolute Gasteiger partial charge is 0.325 e. The Balaban J connectivity index is 2.75. The second-order valence-electron chi connectivity index (χ2n) is 1.58. The highest BCUT2D eigenvalue weighted by Crippen LogP contribution is 1.80. The highest BCUT2D eigenvalue weighted by Gasteiger charge is 2.01. The number of hydrogen-bond acceptors (Lipinski definition) is 5. The molecule has 0 atom stereocenters. The summed E-state index contributed by atoms with van der Waals surface area (Å²) in [6.07, 6.45) is 3.24. The second-order valence-corrected chi connectivity index (χ2v) is 3.13. The van der Waals surface area contributed by atoms with Crippen LogP contribution >= 0.6 is 0 Å². The highest BCUT2D eigenvalue weighted by atomic mass is 32.2. The molecule has 1 rings (SSSR count). The van der Waals surface area contributed by atoms with Crippen LogP contribution in [-0.4, -0.2) is 29.6 Å². The molecular weight excluding hydrogens is 158 g/mol. The van der Waals surface area contributed by atoms with Crippen LogP contribution in [0.2, 0.25) is 0 Å². The van der Waals surface area contributed by atoms with Crippen molar-refractivity contribution in [3.05, 3.63) is 12.7 Å². The van der Waals surface area contributed by atoms with Gasteiger partial charge in [0.2, 0.25) is 0 Å². The molecule has 0 N–H and O–H groups in total. The average molecular weight is 163 g/mol. The minimum absolute atomic E-state index is 0.759. The maximum Gasteiger partial charge on any atom is 0.325 e. The minimum atomic E-state index is -3.49. The van der Waals surface area contributed by atoms with Crippen LogP contribution in [0.1, 0.15) is 0 Å². The van der Waals surface area contributed by atoms with Crippen molar-refractivity contribution in [3.63, 3.8) is 0 Å². The van der Waals surface area contributed by atoms with Crippen molar-refractivity contribution in [1.29, 1.82) is 0 Å². The number of rotatable bonds is 2. The third kappa shape index (κ3) is 2.02. The van der Waals surface area contributed by atoms with Gasteiger partial charge in [-0.3, -0.25) is 4.28 Å². The Labute approximate surface area is 57.5 Å². The molecule has 0 aliphatic heterocycles. The first kappa shape index (κ1) is 7.00. The number of nitrogens with zero attached hydrogens (tertiary/aromatic N) is 3. The Morgan fingerprint density at radius 2 is 2.30 bits per heavy atom. The van der Waals surface area contributed by atoms with Gasteiger partial charge >= 0.3 is 10.1 Å². The lowest BCUT2D eigenvalue weighted by Crippen LogP contribution is -2.18. The Kier molecular flexibility index (Phi) is 1.58. The molecule has 0 bridgehead atoms. The fraction of sp³-hybridized carbons (Fsp3) is 0.333. The van der Waals surface area contributed by atoms with Gasteiger partial charge in [-0.05, 0) is 0 Å². The average Bonchev–Trinajstić information content (AvgIpc) is 2.12. The maximum atomic E-state index is 10.4. The molecule has 0 aromatic carbocycles. The summed E-state index contributed by atoms with van der Waals surface area (Å²) in [6.45, 7) is 0. The second kappa shape index (κ2) is 2.25. The van der Waals surface area contributed by atoms with Crippen LogP contribution in [0.4, 0.5) is 0 Å². The molecule has 0 radical (unpaired) electrons. The van der Waals surface area contributed by atoms with Crippen molar-refractivity contribution in [2.24, 2.45) is 0 Å². The van der Waals surface area contributed by atoms with Crippen molar-refractivity contribution in [3.8, 4) is 0 Å². The van der Waals surface area contributed by atoms with Crippen molar-refractivity contribution in [1.82, 2.24) is 14.9 Å². The van der Waals surface area contributed by atoms with Gasteiger partial charge in [-0.1, -0.05) is 4.85 Å². The predicted octanol–water partition coefficient (Wildman–Crippen LogP) is -1.33. The smallest absolute Gasteiger partial charge is 0.268 e. The summed E-state index contributed by atoms with van der Waals surface area (Å²) >= 11 is 0. The molecule has 0 fully saturated rings. The molecule has 1 aromatic heterocycles. The zero-order valence-electron chi connectivity index (χ0n) is 5.13. The van der Waals surface area contributed by atoms with Crippen molar-refractivity contribution < 1.29 is 12.7 Å². The van der Waals surface area contributed by atoms with Crippen LogP contribution in [0.5, 0.6) is 0 Å². The molecule has 0 spiro atoms. The van der Waals surface area contributed by atoms with E-state index in [0.717, 1.165) is 17.4 Å². The molecule has 10 heavy (non-hydrogen) atoms. The molecule has 1 heterocycles. The van der Waals surface area contributed by atoms with E-state index in [-0.39, 0.29) is 0 Å². The lowest BCUT2D eigenvalue weighted by Gasteiger charge is -1.96. The van der Waals surface area contributed by atoms with E-state index >= 15 is 0 Å². The molecule has 0 aliphatic rings. The lowest BCUT2D eigenvalue weighted by atomic mass is 11.3. The van der Waals surface area contributed by atoms with Gasteiger partial charge in [-0.25, -0.2) is 4.98 Å². The Morgan fingerprint density at radius 1 is 1.60 bits per heavy atom. The van der Waals surface area contributed by atoms with E-state index in [1.165, 1.54) is 6.33 Å². The van der Waals surface area contributed by atoms with Gasteiger partial charge in [-0.15, -0.1) is 5.10 Å². The topological polar surface area (TPSA) is 74.1 Å². The first-order valence-corrected chi connectivity index (χ1v) is 4.14. The van der Waals surface area contributed by atoms with Crippen LogP contribution < -0.4 is 4.28 Å². The molecule has 0 unspecified atom stereocenters. The highest BCUT2D eigenvalue weighted by molar-refractivity contribution is 7.86. The van der Waals surface area contributed by atoms with Crippen LogP contribution in [0.3, 0.4) is 0 Å². The van der Waals surface area contributed by atoms with Crippen molar-refractivity contribution >= 4 is 10.1 Å². The van der Waals surface area contributed by atoms with Gasteiger partial charge in [0, 0.05) is 0 Å². The van der Waals surface area contributed by atoms with Gasteiger partial charge < -0.3 is 0 Å². The fourth-order valence-electron chi connectivity index (χ4n) is 0.375. The SMILES string of the molecule is CS(=O)(=O)On1cncn1. The normalized spacial score (nSPS) is 11.3. The van der Waals surface area contributed by atoms with Gasteiger partial charge in [0.15, 0.2) is 6.33 Å². The summed E-state index contributed by atoms with van der Waals surface area (Å²) in [6, 6.07) is 0. The number of hydrogen-bond donors (Lipinski definition) is 0. The van der Waals surface area contributed by atoms with E-state index in [1.807, 2.05) is 0 Å². The van der Waals surface area contributed by atoms with Gasteiger partial charge in [-0.2, -0.15) is 8.42 Å². The Morgan fingerprint density at radius 3 is 2.70 bits per heavy atom. The molecule has 7 heteroatoms. The first-order chi connectivity index (χ1) is 4.58. The van der Waals surface area contributed by atoms with Gasteiger partial charge in [0.1, 0.15) is 6.33 Å². The summed E-state index contributed by atoms with van der Waals surface area (Å²) in [5.74, 6) is 0. The van der Waals surface area contributed by atoms with Crippen LogP contribution in [0, 0.1) is 0 Å². The standard InChI is InChI=1S/C3H5N3O3S/c1-10(7,8)9-6-3-4-2-5-6/h2-3H,1H3. The first-order valence-electron chi connectivity index (χ1n) is 2.32. The monoisotopic (exact) mass is 163 g/mol.